The summed E-state index contributed by atoms with van der Waals surface area (Å²) in [6.07, 6.45) is 3.91. The van der Waals surface area contributed by atoms with Crippen LogP contribution in [0.1, 0.15) is 18.1 Å². The number of hydrogen-bond acceptors (Lipinski definition) is 1. The van der Waals surface area contributed by atoms with Crippen LogP contribution in [0.2, 0.25) is 0 Å². The SMILES string of the molecule is CCn1c[n+](Cc2ccccc2C)cn1. The third-order valence-electron chi connectivity index (χ3n) is 2.57. The molecule has 3 heteroatoms. The fourth-order valence-electron chi connectivity index (χ4n) is 1.59. The van der Waals surface area contributed by atoms with E-state index in [1.807, 2.05) is 17.3 Å². The minimum atomic E-state index is 0.896. The van der Waals surface area contributed by atoms with Crippen LogP contribution in [0.3, 0.4) is 0 Å². The fourth-order valence-corrected chi connectivity index (χ4v) is 1.59. The summed E-state index contributed by atoms with van der Waals surface area (Å²) < 4.78 is 4.03. The molecule has 2 rings (SSSR count). The smallest absolute Gasteiger partial charge is 0.233 e. The van der Waals surface area contributed by atoms with Crippen LogP contribution in [0.5, 0.6) is 0 Å². The van der Waals surface area contributed by atoms with Crippen molar-refractivity contribution in [2.75, 3.05) is 0 Å². The minimum absolute atomic E-state index is 0.896. The summed E-state index contributed by atoms with van der Waals surface area (Å²) in [5.74, 6) is 0. The van der Waals surface area contributed by atoms with Gasteiger partial charge in [-0.2, -0.15) is 0 Å². The molecule has 0 bridgehead atoms. The highest BCUT2D eigenvalue weighted by atomic mass is 15.3. The first-order chi connectivity index (χ1) is 7.29. The lowest BCUT2D eigenvalue weighted by Gasteiger charge is -2.01. The van der Waals surface area contributed by atoms with Gasteiger partial charge in [-0.1, -0.05) is 24.3 Å². The van der Waals surface area contributed by atoms with E-state index in [4.69, 9.17) is 0 Å². The Kier molecular flexibility index (Phi) is 2.81. The Balaban J connectivity index is 2.18. The second-order valence-corrected chi connectivity index (χ2v) is 3.70. The summed E-state index contributed by atoms with van der Waals surface area (Å²) in [7, 11) is 0. The maximum Gasteiger partial charge on any atom is 0.265 e. The van der Waals surface area contributed by atoms with Gasteiger partial charge in [0.15, 0.2) is 0 Å². The first-order valence-corrected chi connectivity index (χ1v) is 5.25. The van der Waals surface area contributed by atoms with Gasteiger partial charge < -0.3 is 0 Å². The lowest BCUT2D eigenvalue weighted by Crippen LogP contribution is -2.32. The van der Waals surface area contributed by atoms with Gasteiger partial charge in [-0.25, -0.2) is 4.57 Å². The number of rotatable bonds is 3. The quantitative estimate of drug-likeness (QED) is 0.692. The molecule has 0 N–H and O–H groups in total. The molecule has 0 aliphatic rings. The first kappa shape index (κ1) is 9.90. The van der Waals surface area contributed by atoms with Crippen molar-refractivity contribution in [3.63, 3.8) is 0 Å². The molecule has 3 nitrogen and oxygen atoms in total. The van der Waals surface area contributed by atoms with Gasteiger partial charge in [0.1, 0.15) is 6.54 Å². The summed E-state index contributed by atoms with van der Waals surface area (Å²) in [6, 6.07) is 8.44. The van der Waals surface area contributed by atoms with Crippen LogP contribution in [-0.4, -0.2) is 9.78 Å². The Hall–Kier alpha value is -1.64. The Morgan fingerprint density at radius 2 is 2.13 bits per heavy atom. The van der Waals surface area contributed by atoms with Gasteiger partial charge in [-0.3, -0.25) is 0 Å². The van der Waals surface area contributed by atoms with Crippen molar-refractivity contribution in [2.45, 2.75) is 26.9 Å². The fraction of sp³-hybridized carbons (Fsp3) is 0.333. The molecule has 0 aliphatic carbocycles. The zero-order valence-electron chi connectivity index (χ0n) is 9.22. The van der Waals surface area contributed by atoms with Crippen molar-refractivity contribution in [2.24, 2.45) is 0 Å². The zero-order valence-corrected chi connectivity index (χ0v) is 9.22. The molecule has 0 fully saturated rings. The van der Waals surface area contributed by atoms with Crippen molar-refractivity contribution in [3.8, 4) is 0 Å². The van der Waals surface area contributed by atoms with Crippen molar-refractivity contribution in [3.05, 3.63) is 48.0 Å². The molecule has 0 aliphatic heterocycles. The molecular formula is C12H16N3+. The van der Waals surface area contributed by atoms with Gasteiger partial charge in [0, 0.05) is 5.10 Å². The maximum atomic E-state index is 4.24. The number of nitrogens with zero attached hydrogens (tertiary/aromatic N) is 3. The molecule has 1 aromatic carbocycles. The highest BCUT2D eigenvalue weighted by Crippen LogP contribution is 2.05. The Morgan fingerprint density at radius 1 is 1.33 bits per heavy atom. The van der Waals surface area contributed by atoms with E-state index in [1.165, 1.54) is 11.1 Å². The van der Waals surface area contributed by atoms with Crippen LogP contribution in [0.25, 0.3) is 0 Å². The summed E-state index contributed by atoms with van der Waals surface area (Å²) in [5.41, 5.74) is 2.67. The second kappa shape index (κ2) is 4.26. The van der Waals surface area contributed by atoms with E-state index in [0.717, 1.165) is 13.1 Å². The predicted octanol–water partition coefficient (Wildman–Crippen LogP) is 1.55. The number of aromatic nitrogens is 3. The van der Waals surface area contributed by atoms with Gasteiger partial charge in [0.2, 0.25) is 6.33 Å². The predicted molar refractivity (Wildman–Crippen MR) is 58.4 cm³/mol. The molecule has 15 heavy (non-hydrogen) atoms. The Labute approximate surface area is 90.0 Å². The van der Waals surface area contributed by atoms with Crippen molar-refractivity contribution in [1.29, 1.82) is 0 Å². The maximum absolute atomic E-state index is 4.24. The van der Waals surface area contributed by atoms with Crippen LogP contribution < -0.4 is 4.57 Å². The van der Waals surface area contributed by atoms with Crippen molar-refractivity contribution >= 4 is 0 Å². The second-order valence-electron chi connectivity index (χ2n) is 3.70. The molecule has 78 valence electrons. The van der Waals surface area contributed by atoms with E-state index in [-0.39, 0.29) is 0 Å². The van der Waals surface area contributed by atoms with E-state index in [2.05, 4.69) is 47.8 Å². The van der Waals surface area contributed by atoms with Gasteiger partial charge in [-0.05, 0) is 25.0 Å². The van der Waals surface area contributed by atoms with Gasteiger partial charge in [0.25, 0.3) is 6.33 Å². The Bertz CT molecular complexity index is 446. The van der Waals surface area contributed by atoms with Crippen molar-refractivity contribution in [1.82, 2.24) is 9.78 Å². The van der Waals surface area contributed by atoms with Crippen LogP contribution in [0.15, 0.2) is 36.9 Å². The third kappa shape index (κ3) is 2.24. The molecule has 0 spiro atoms. The van der Waals surface area contributed by atoms with Crippen LogP contribution in [0.4, 0.5) is 0 Å². The lowest BCUT2D eigenvalue weighted by molar-refractivity contribution is -0.689. The van der Waals surface area contributed by atoms with Gasteiger partial charge in [0.05, 0.1) is 6.54 Å². The van der Waals surface area contributed by atoms with E-state index in [0.29, 0.717) is 0 Å². The van der Waals surface area contributed by atoms with E-state index in [1.54, 1.807) is 0 Å². The van der Waals surface area contributed by atoms with Crippen molar-refractivity contribution < 1.29 is 4.57 Å². The van der Waals surface area contributed by atoms with E-state index >= 15 is 0 Å². The zero-order chi connectivity index (χ0) is 10.7. The normalized spacial score (nSPS) is 10.5. The molecule has 1 aromatic heterocycles. The lowest BCUT2D eigenvalue weighted by atomic mass is 10.1. The molecule has 2 aromatic rings. The summed E-state index contributed by atoms with van der Waals surface area (Å²) in [5, 5.41) is 4.24. The molecule has 0 saturated carbocycles. The molecule has 1 heterocycles. The monoisotopic (exact) mass is 202 g/mol. The molecule has 0 radical (unpaired) electrons. The molecule has 0 saturated heterocycles. The van der Waals surface area contributed by atoms with E-state index in [9.17, 15) is 0 Å². The minimum Gasteiger partial charge on any atom is -0.233 e. The average Bonchev–Trinajstić information content (AvgIpc) is 2.69. The third-order valence-corrected chi connectivity index (χ3v) is 2.57. The van der Waals surface area contributed by atoms with Crippen LogP contribution in [-0.2, 0) is 13.1 Å². The largest absolute Gasteiger partial charge is 0.265 e. The number of benzene rings is 1. The molecule has 0 unspecified atom stereocenters. The number of aryl methyl sites for hydroxylation is 2. The van der Waals surface area contributed by atoms with Crippen LogP contribution in [0, 0.1) is 6.92 Å². The Morgan fingerprint density at radius 3 is 2.80 bits per heavy atom. The highest BCUT2D eigenvalue weighted by molar-refractivity contribution is 5.24. The highest BCUT2D eigenvalue weighted by Gasteiger charge is 2.05. The summed E-state index contributed by atoms with van der Waals surface area (Å²) in [4.78, 5) is 0. The topological polar surface area (TPSA) is 21.7 Å². The molecular weight excluding hydrogens is 186 g/mol. The molecule has 0 amide bonds. The average molecular weight is 202 g/mol. The summed E-state index contributed by atoms with van der Waals surface area (Å²) in [6.45, 7) is 6.04. The van der Waals surface area contributed by atoms with Crippen LogP contribution >= 0.6 is 0 Å². The first-order valence-electron chi connectivity index (χ1n) is 5.25. The number of hydrogen-bond donors (Lipinski definition) is 0. The molecule has 0 atom stereocenters. The summed E-state index contributed by atoms with van der Waals surface area (Å²) >= 11 is 0. The van der Waals surface area contributed by atoms with E-state index < -0.39 is 0 Å². The van der Waals surface area contributed by atoms with Gasteiger partial charge >= 0.3 is 0 Å². The standard InChI is InChI=1S/C12H16N3/c1-3-15-10-14(9-13-15)8-12-7-5-4-6-11(12)2/h4-7,9-10H,3,8H2,1-2H3/q+1. The van der Waals surface area contributed by atoms with Gasteiger partial charge in [-0.15, -0.1) is 4.68 Å².